The molecule has 0 atom stereocenters. The van der Waals surface area contributed by atoms with Crippen molar-refractivity contribution in [3.63, 3.8) is 0 Å². The SMILES string of the molecule is Cc1cc(Nc2ncnc3ccc(N)cc23)ccc1Oc1ccn2ccnc2c1. The number of rotatable bonds is 4. The molecule has 142 valence electrons. The molecule has 29 heavy (non-hydrogen) atoms. The summed E-state index contributed by atoms with van der Waals surface area (Å²) in [4.78, 5) is 12.9. The van der Waals surface area contributed by atoms with Crippen LogP contribution < -0.4 is 15.8 Å². The van der Waals surface area contributed by atoms with E-state index in [1.54, 1.807) is 6.20 Å². The molecule has 3 heterocycles. The second-order valence-electron chi connectivity index (χ2n) is 6.76. The Bertz CT molecular complexity index is 1340. The van der Waals surface area contributed by atoms with E-state index in [-0.39, 0.29) is 0 Å². The van der Waals surface area contributed by atoms with Crippen molar-refractivity contribution in [2.75, 3.05) is 11.1 Å². The summed E-state index contributed by atoms with van der Waals surface area (Å²) in [7, 11) is 0. The number of imidazole rings is 1. The number of hydrogen-bond acceptors (Lipinski definition) is 6. The topological polar surface area (TPSA) is 90.4 Å². The Kier molecular flexibility index (Phi) is 3.98. The third-order valence-electron chi connectivity index (χ3n) is 4.69. The zero-order chi connectivity index (χ0) is 19.8. The number of nitrogens with two attached hydrogens (primary N) is 1. The van der Waals surface area contributed by atoms with E-state index in [1.807, 2.05) is 72.2 Å². The lowest BCUT2D eigenvalue weighted by molar-refractivity contribution is 0.478. The fourth-order valence-electron chi connectivity index (χ4n) is 3.23. The summed E-state index contributed by atoms with van der Waals surface area (Å²) in [5.74, 6) is 2.23. The van der Waals surface area contributed by atoms with Gasteiger partial charge in [0.15, 0.2) is 0 Å². The van der Waals surface area contributed by atoms with Crippen LogP contribution in [0.25, 0.3) is 16.6 Å². The fraction of sp³-hybridized carbons (Fsp3) is 0.0455. The van der Waals surface area contributed by atoms with Gasteiger partial charge in [-0.3, -0.25) is 0 Å². The molecule has 0 saturated heterocycles. The van der Waals surface area contributed by atoms with E-state index in [9.17, 15) is 0 Å². The van der Waals surface area contributed by atoms with Gasteiger partial charge in [-0.05, 0) is 55.0 Å². The molecule has 0 aliphatic carbocycles. The van der Waals surface area contributed by atoms with Crippen molar-refractivity contribution >= 4 is 33.7 Å². The number of pyridine rings is 1. The first-order chi connectivity index (χ1) is 14.2. The lowest BCUT2D eigenvalue weighted by Gasteiger charge is -2.13. The number of nitrogen functional groups attached to an aromatic ring is 1. The average Bonchev–Trinajstić information content (AvgIpc) is 3.18. The van der Waals surface area contributed by atoms with Crippen LogP contribution in [0.3, 0.4) is 0 Å². The molecule has 0 unspecified atom stereocenters. The third kappa shape index (κ3) is 3.29. The molecule has 7 heteroatoms. The Morgan fingerprint density at radius 3 is 2.79 bits per heavy atom. The van der Waals surface area contributed by atoms with Gasteiger partial charge >= 0.3 is 0 Å². The Morgan fingerprint density at radius 2 is 1.90 bits per heavy atom. The molecule has 5 rings (SSSR count). The van der Waals surface area contributed by atoms with Crippen molar-refractivity contribution in [1.82, 2.24) is 19.4 Å². The van der Waals surface area contributed by atoms with E-state index in [2.05, 4.69) is 20.3 Å². The van der Waals surface area contributed by atoms with Crippen LogP contribution in [-0.4, -0.2) is 19.4 Å². The van der Waals surface area contributed by atoms with E-state index >= 15 is 0 Å². The predicted octanol–water partition coefficient (Wildman–Crippen LogP) is 4.70. The monoisotopic (exact) mass is 382 g/mol. The van der Waals surface area contributed by atoms with Crippen molar-refractivity contribution in [3.05, 3.63) is 79.0 Å². The van der Waals surface area contributed by atoms with Gasteiger partial charge in [-0.1, -0.05) is 0 Å². The summed E-state index contributed by atoms with van der Waals surface area (Å²) in [5, 5.41) is 4.22. The molecule has 0 saturated carbocycles. The van der Waals surface area contributed by atoms with Crippen LogP contribution in [0.15, 0.2) is 73.4 Å². The van der Waals surface area contributed by atoms with Crippen LogP contribution in [0.2, 0.25) is 0 Å². The van der Waals surface area contributed by atoms with Crippen LogP contribution in [0, 0.1) is 6.92 Å². The number of benzene rings is 2. The first-order valence-electron chi connectivity index (χ1n) is 9.14. The van der Waals surface area contributed by atoms with Crippen molar-refractivity contribution in [2.45, 2.75) is 6.92 Å². The quantitative estimate of drug-likeness (QED) is 0.438. The lowest BCUT2D eigenvalue weighted by atomic mass is 10.2. The number of nitrogens with zero attached hydrogens (tertiary/aromatic N) is 4. The minimum absolute atomic E-state index is 0.671. The highest BCUT2D eigenvalue weighted by Gasteiger charge is 2.08. The van der Waals surface area contributed by atoms with Crippen LogP contribution in [0.5, 0.6) is 11.5 Å². The van der Waals surface area contributed by atoms with Gasteiger partial charge in [0, 0.05) is 41.4 Å². The molecule has 0 bridgehead atoms. The molecule has 3 aromatic heterocycles. The Balaban J connectivity index is 1.42. The number of ether oxygens (including phenoxy) is 1. The van der Waals surface area contributed by atoms with Crippen molar-refractivity contribution < 1.29 is 4.74 Å². The van der Waals surface area contributed by atoms with Gasteiger partial charge in [0.05, 0.1) is 5.52 Å². The van der Waals surface area contributed by atoms with Gasteiger partial charge in [0.2, 0.25) is 0 Å². The number of nitrogens with one attached hydrogen (secondary N) is 1. The largest absolute Gasteiger partial charge is 0.457 e. The molecule has 3 N–H and O–H groups in total. The highest BCUT2D eigenvalue weighted by atomic mass is 16.5. The second-order valence-corrected chi connectivity index (χ2v) is 6.76. The van der Waals surface area contributed by atoms with E-state index in [0.717, 1.165) is 39.3 Å². The van der Waals surface area contributed by atoms with Crippen LogP contribution in [0.1, 0.15) is 5.56 Å². The Hall–Kier alpha value is -4.13. The van der Waals surface area contributed by atoms with Gasteiger partial charge in [-0.15, -0.1) is 0 Å². The molecule has 0 fully saturated rings. The van der Waals surface area contributed by atoms with E-state index < -0.39 is 0 Å². The van der Waals surface area contributed by atoms with Crippen molar-refractivity contribution in [3.8, 4) is 11.5 Å². The highest BCUT2D eigenvalue weighted by Crippen LogP contribution is 2.30. The molecule has 7 nitrogen and oxygen atoms in total. The zero-order valence-electron chi connectivity index (χ0n) is 15.7. The summed E-state index contributed by atoms with van der Waals surface area (Å²) >= 11 is 0. The minimum Gasteiger partial charge on any atom is -0.457 e. The summed E-state index contributed by atoms with van der Waals surface area (Å²) in [6, 6.07) is 15.3. The normalized spacial score (nSPS) is 11.1. The van der Waals surface area contributed by atoms with E-state index in [0.29, 0.717) is 11.5 Å². The minimum atomic E-state index is 0.671. The van der Waals surface area contributed by atoms with Gasteiger partial charge in [-0.25, -0.2) is 15.0 Å². The van der Waals surface area contributed by atoms with Crippen molar-refractivity contribution in [1.29, 1.82) is 0 Å². The molecule has 0 spiro atoms. The fourth-order valence-corrected chi connectivity index (χ4v) is 3.23. The van der Waals surface area contributed by atoms with E-state index in [1.165, 1.54) is 6.33 Å². The third-order valence-corrected chi connectivity index (χ3v) is 4.69. The molecule has 2 aromatic carbocycles. The molecule has 0 aliphatic heterocycles. The maximum absolute atomic E-state index is 6.05. The summed E-state index contributed by atoms with van der Waals surface area (Å²) in [6.45, 7) is 2.00. The molecular formula is C22H18N6O. The maximum atomic E-state index is 6.05. The Morgan fingerprint density at radius 1 is 0.966 bits per heavy atom. The van der Waals surface area contributed by atoms with Crippen molar-refractivity contribution in [2.24, 2.45) is 0 Å². The van der Waals surface area contributed by atoms with Crippen LogP contribution in [-0.2, 0) is 0 Å². The van der Waals surface area contributed by atoms with Gasteiger partial charge in [0.25, 0.3) is 0 Å². The summed E-state index contributed by atoms with van der Waals surface area (Å²) in [6.07, 6.45) is 7.12. The molecular weight excluding hydrogens is 364 g/mol. The molecule has 0 amide bonds. The smallest absolute Gasteiger partial charge is 0.141 e. The standard InChI is InChI=1S/C22H18N6O/c1-14-10-16(27-22-18-11-15(23)2-4-19(18)25-13-26-22)3-5-20(14)29-17-6-8-28-9-7-24-21(28)12-17/h2-13H,23H2,1H3,(H,25,26,27). The number of fused-ring (bicyclic) bond motifs is 2. The summed E-state index contributed by atoms with van der Waals surface area (Å²) < 4.78 is 7.99. The number of aryl methyl sites for hydroxylation is 1. The number of hydrogen-bond donors (Lipinski definition) is 2. The van der Waals surface area contributed by atoms with Crippen LogP contribution >= 0.6 is 0 Å². The zero-order valence-corrected chi connectivity index (χ0v) is 15.7. The van der Waals surface area contributed by atoms with Gasteiger partial charge in [-0.2, -0.15) is 0 Å². The molecule has 0 aliphatic rings. The summed E-state index contributed by atoms with van der Waals surface area (Å²) in [5.41, 5.74) is 10.2. The number of anilines is 3. The maximum Gasteiger partial charge on any atom is 0.141 e. The first-order valence-corrected chi connectivity index (χ1v) is 9.14. The van der Waals surface area contributed by atoms with Crippen LogP contribution in [0.4, 0.5) is 17.2 Å². The lowest BCUT2D eigenvalue weighted by Crippen LogP contribution is -1.98. The van der Waals surface area contributed by atoms with Gasteiger partial charge < -0.3 is 20.2 Å². The first kappa shape index (κ1) is 17.0. The second kappa shape index (κ2) is 6.79. The molecule has 0 radical (unpaired) electrons. The average molecular weight is 382 g/mol. The molecule has 5 aromatic rings. The van der Waals surface area contributed by atoms with E-state index in [4.69, 9.17) is 10.5 Å². The van der Waals surface area contributed by atoms with Gasteiger partial charge in [0.1, 0.15) is 29.3 Å². The number of aromatic nitrogens is 4. The highest BCUT2D eigenvalue weighted by molar-refractivity contribution is 5.92. The Labute approximate surface area is 166 Å². The predicted molar refractivity (Wildman–Crippen MR) is 114 cm³/mol.